The van der Waals surface area contributed by atoms with Gasteiger partial charge in [0.05, 0.1) is 6.20 Å². The second kappa shape index (κ2) is 8.38. The average Bonchev–Trinajstić information content (AvgIpc) is 2.63. The van der Waals surface area contributed by atoms with E-state index in [1.54, 1.807) is 6.20 Å². The molecule has 25 heavy (non-hydrogen) atoms. The van der Waals surface area contributed by atoms with Crippen LogP contribution in [0.25, 0.3) is 0 Å². The Hall–Kier alpha value is -2.75. The van der Waals surface area contributed by atoms with Gasteiger partial charge in [0.25, 0.3) is 0 Å². The first-order chi connectivity index (χ1) is 12.2. The van der Waals surface area contributed by atoms with E-state index < -0.39 is 0 Å². The standard InChI is InChI=1S/C21H22BNO2/c1-17-13-21(25-22(2)14-18-9-5-3-6-10-18)23-15-20(17)24-16-19-11-7-4-8-12-19/h3-13,15H,14,16H2,1-2H3. The van der Waals surface area contributed by atoms with Crippen molar-refractivity contribution in [1.82, 2.24) is 4.98 Å². The number of pyridine rings is 1. The van der Waals surface area contributed by atoms with Gasteiger partial charge >= 0.3 is 6.92 Å². The van der Waals surface area contributed by atoms with Gasteiger partial charge in [-0.1, -0.05) is 66.2 Å². The number of nitrogens with zero attached hydrogens (tertiary/aromatic N) is 1. The first-order valence-corrected chi connectivity index (χ1v) is 8.54. The minimum atomic E-state index is 0.0605. The highest BCUT2D eigenvalue weighted by molar-refractivity contribution is 6.50. The number of hydrogen-bond donors (Lipinski definition) is 0. The summed E-state index contributed by atoms with van der Waals surface area (Å²) in [5.74, 6) is 1.42. The first kappa shape index (κ1) is 17.1. The van der Waals surface area contributed by atoms with Crippen LogP contribution in [0.3, 0.4) is 0 Å². The molecule has 0 bridgehead atoms. The molecule has 0 aliphatic carbocycles. The zero-order valence-electron chi connectivity index (χ0n) is 14.7. The van der Waals surface area contributed by atoms with E-state index in [1.165, 1.54) is 5.56 Å². The fourth-order valence-corrected chi connectivity index (χ4v) is 2.66. The molecule has 1 aromatic heterocycles. The number of rotatable bonds is 7. The van der Waals surface area contributed by atoms with Gasteiger partial charge in [-0.15, -0.1) is 0 Å². The van der Waals surface area contributed by atoms with Crippen molar-refractivity contribution in [1.29, 1.82) is 0 Å². The summed E-state index contributed by atoms with van der Waals surface area (Å²) in [6.45, 7) is 4.67. The predicted octanol–water partition coefficient (Wildman–Crippen LogP) is 4.75. The summed E-state index contributed by atoms with van der Waals surface area (Å²) in [5, 5.41) is 0. The summed E-state index contributed by atoms with van der Waals surface area (Å²) in [6, 6.07) is 22.4. The van der Waals surface area contributed by atoms with Crippen molar-refractivity contribution in [2.45, 2.75) is 26.7 Å². The van der Waals surface area contributed by atoms with Crippen LogP contribution in [0.1, 0.15) is 16.7 Å². The lowest BCUT2D eigenvalue weighted by molar-refractivity contribution is 0.302. The van der Waals surface area contributed by atoms with E-state index in [9.17, 15) is 0 Å². The van der Waals surface area contributed by atoms with Crippen LogP contribution in [0.15, 0.2) is 72.9 Å². The molecule has 0 fully saturated rings. The zero-order valence-corrected chi connectivity index (χ0v) is 14.7. The second-order valence-electron chi connectivity index (χ2n) is 6.18. The van der Waals surface area contributed by atoms with Gasteiger partial charge in [0.2, 0.25) is 0 Å². The Labute approximate surface area is 149 Å². The molecule has 3 rings (SSSR count). The van der Waals surface area contributed by atoms with Crippen LogP contribution in [0.4, 0.5) is 0 Å². The predicted molar refractivity (Wildman–Crippen MR) is 102 cm³/mol. The van der Waals surface area contributed by atoms with Crippen LogP contribution < -0.4 is 9.39 Å². The molecule has 3 nitrogen and oxygen atoms in total. The Morgan fingerprint density at radius 3 is 2.20 bits per heavy atom. The molecule has 0 saturated carbocycles. The maximum Gasteiger partial charge on any atom is 0.361 e. The topological polar surface area (TPSA) is 31.4 Å². The molecule has 0 radical (unpaired) electrons. The van der Waals surface area contributed by atoms with Crippen molar-refractivity contribution < 1.29 is 9.39 Å². The Kier molecular flexibility index (Phi) is 5.73. The number of aryl methyl sites for hydroxylation is 1. The van der Waals surface area contributed by atoms with E-state index in [1.807, 2.05) is 61.5 Å². The molecule has 4 heteroatoms. The lowest BCUT2D eigenvalue weighted by Crippen LogP contribution is -2.21. The molecule has 126 valence electrons. The van der Waals surface area contributed by atoms with Crippen molar-refractivity contribution >= 4 is 6.92 Å². The summed E-state index contributed by atoms with van der Waals surface area (Å²) in [6.07, 6.45) is 2.59. The van der Waals surface area contributed by atoms with Crippen LogP contribution in [0.5, 0.6) is 11.6 Å². The fraction of sp³-hybridized carbons (Fsp3) is 0.190. The largest absolute Gasteiger partial charge is 0.548 e. The lowest BCUT2D eigenvalue weighted by Gasteiger charge is -2.14. The molecule has 1 heterocycles. The zero-order chi connectivity index (χ0) is 17.5. The summed E-state index contributed by atoms with van der Waals surface area (Å²) < 4.78 is 11.8. The van der Waals surface area contributed by atoms with Crippen molar-refractivity contribution in [2.75, 3.05) is 0 Å². The van der Waals surface area contributed by atoms with Gasteiger partial charge in [0.1, 0.15) is 12.4 Å². The molecule has 0 spiro atoms. The minimum Gasteiger partial charge on any atom is -0.548 e. The number of ether oxygens (including phenoxy) is 1. The summed E-state index contributed by atoms with van der Waals surface area (Å²) >= 11 is 0. The van der Waals surface area contributed by atoms with Gasteiger partial charge in [-0.2, -0.15) is 0 Å². The van der Waals surface area contributed by atoms with Gasteiger partial charge in [0, 0.05) is 6.07 Å². The van der Waals surface area contributed by atoms with Crippen LogP contribution in [0.2, 0.25) is 6.82 Å². The summed E-state index contributed by atoms with van der Waals surface area (Å²) in [7, 11) is 0. The molecule has 3 aromatic rings. The molecular weight excluding hydrogens is 309 g/mol. The third-order valence-corrected chi connectivity index (χ3v) is 3.96. The number of benzene rings is 2. The Morgan fingerprint density at radius 2 is 1.56 bits per heavy atom. The SMILES string of the molecule is CB(Cc1ccccc1)Oc1cc(C)c(OCc2ccccc2)cn1. The maximum atomic E-state index is 5.95. The van der Waals surface area contributed by atoms with Crippen molar-refractivity contribution in [3.05, 3.63) is 89.6 Å². The van der Waals surface area contributed by atoms with Crippen molar-refractivity contribution in [3.63, 3.8) is 0 Å². The van der Waals surface area contributed by atoms with Gasteiger partial charge in [-0.3, -0.25) is 0 Å². The Bertz CT molecular complexity index is 794. The Morgan fingerprint density at radius 1 is 0.920 bits per heavy atom. The molecule has 0 saturated heterocycles. The molecule has 0 N–H and O–H groups in total. The molecule has 0 unspecified atom stereocenters. The van der Waals surface area contributed by atoms with Gasteiger partial charge < -0.3 is 9.39 Å². The lowest BCUT2D eigenvalue weighted by atomic mass is 9.65. The number of hydrogen-bond acceptors (Lipinski definition) is 3. The first-order valence-electron chi connectivity index (χ1n) is 8.54. The highest BCUT2D eigenvalue weighted by atomic mass is 16.5. The quantitative estimate of drug-likeness (QED) is 0.586. The maximum absolute atomic E-state index is 5.95. The van der Waals surface area contributed by atoms with E-state index in [0.717, 1.165) is 23.2 Å². The van der Waals surface area contributed by atoms with E-state index in [0.29, 0.717) is 12.5 Å². The molecular formula is C21H22BNO2. The molecule has 0 aliphatic heterocycles. The highest BCUT2D eigenvalue weighted by Gasteiger charge is 2.13. The molecule has 0 amide bonds. The molecule has 2 aromatic carbocycles. The van der Waals surface area contributed by atoms with Crippen LogP contribution in [0, 0.1) is 6.92 Å². The van der Waals surface area contributed by atoms with Crippen LogP contribution >= 0.6 is 0 Å². The molecule has 0 atom stereocenters. The van der Waals surface area contributed by atoms with Gasteiger partial charge in [-0.05, 0) is 31.2 Å². The fourth-order valence-electron chi connectivity index (χ4n) is 2.66. The van der Waals surface area contributed by atoms with Crippen LogP contribution in [-0.4, -0.2) is 11.9 Å². The van der Waals surface area contributed by atoms with Gasteiger partial charge in [0.15, 0.2) is 5.88 Å². The van der Waals surface area contributed by atoms with E-state index in [-0.39, 0.29) is 6.92 Å². The normalized spacial score (nSPS) is 10.3. The van der Waals surface area contributed by atoms with Crippen molar-refractivity contribution in [3.8, 4) is 11.6 Å². The van der Waals surface area contributed by atoms with Crippen LogP contribution in [-0.2, 0) is 12.9 Å². The third kappa shape index (κ3) is 5.11. The van der Waals surface area contributed by atoms with Crippen molar-refractivity contribution in [2.24, 2.45) is 0 Å². The smallest absolute Gasteiger partial charge is 0.361 e. The average molecular weight is 331 g/mol. The minimum absolute atomic E-state index is 0.0605. The highest BCUT2D eigenvalue weighted by Crippen LogP contribution is 2.22. The van der Waals surface area contributed by atoms with Gasteiger partial charge in [-0.25, -0.2) is 4.98 Å². The monoisotopic (exact) mass is 331 g/mol. The summed E-state index contributed by atoms with van der Waals surface area (Å²) in [4.78, 5) is 4.39. The summed E-state index contributed by atoms with van der Waals surface area (Å²) in [5.41, 5.74) is 3.42. The van der Waals surface area contributed by atoms with E-state index in [4.69, 9.17) is 9.39 Å². The Balaban J connectivity index is 1.57. The third-order valence-electron chi connectivity index (χ3n) is 3.96. The second-order valence-corrected chi connectivity index (χ2v) is 6.18. The number of aromatic nitrogens is 1. The van der Waals surface area contributed by atoms with E-state index in [2.05, 4.69) is 23.9 Å². The van der Waals surface area contributed by atoms with E-state index >= 15 is 0 Å². The molecule has 0 aliphatic rings.